The van der Waals surface area contributed by atoms with Crippen molar-refractivity contribution in [3.8, 4) is 0 Å². The van der Waals surface area contributed by atoms with Gasteiger partial charge in [-0.3, -0.25) is 4.79 Å². The van der Waals surface area contributed by atoms with Crippen LogP contribution in [-0.4, -0.2) is 26.7 Å². The number of carbonyl (C=O) groups is 1. The SMILES string of the molecule is Cc1cn2c(n1)CC[C@H](NC(=O)[C@@H](C)c1c(C)noc1C)C2. The van der Waals surface area contributed by atoms with Gasteiger partial charge in [0.15, 0.2) is 0 Å². The van der Waals surface area contributed by atoms with E-state index in [4.69, 9.17) is 4.52 Å². The van der Waals surface area contributed by atoms with Crippen molar-refractivity contribution in [3.63, 3.8) is 0 Å². The first-order valence-electron chi connectivity index (χ1n) is 7.71. The van der Waals surface area contributed by atoms with Gasteiger partial charge in [0.2, 0.25) is 5.91 Å². The van der Waals surface area contributed by atoms with Crippen LogP contribution < -0.4 is 5.32 Å². The van der Waals surface area contributed by atoms with Gasteiger partial charge in [-0.15, -0.1) is 0 Å². The summed E-state index contributed by atoms with van der Waals surface area (Å²) in [4.78, 5) is 17.0. The third-order valence-electron chi connectivity index (χ3n) is 4.37. The Morgan fingerprint density at radius 3 is 2.91 bits per heavy atom. The van der Waals surface area contributed by atoms with Gasteiger partial charge in [-0.25, -0.2) is 4.98 Å². The summed E-state index contributed by atoms with van der Waals surface area (Å²) >= 11 is 0. The van der Waals surface area contributed by atoms with Crippen LogP contribution in [0, 0.1) is 20.8 Å². The molecular formula is C16H22N4O2. The number of amides is 1. The van der Waals surface area contributed by atoms with Crippen molar-refractivity contribution in [1.29, 1.82) is 0 Å². The van der Waals surface area contributed by atoms with Crippen LogP contribution in [0.2, 0.25) is 0 Å². The summed E-state index contributed by atoms with van der Waals surface area (Å²) in [5.41, 5.74) is 2.72. The summed E-state index contributed by atoms with van der Waals surface area (Å²) in [6.07, 6.45) is 3.88. The second-order valence-corrected chi connectivity index (χ2v) is 6.15. The third kappa shape index (κ3) is 2.65. The molecule has 1 N–H and O–H groups in total. The zero-order valence-electron chi connectivity index (χ0n) is 13.5. The molecule has 1 aliphatic rings. The lowest BCUT2D eigenvalue weighted by Gasteiger charge is -2.26. The van der Waals surface area contributed by atoms with Crippen molar-refractivity contribution in [2.75, 3.05) is 0 Å². The molecule has 118 valence electrons. The Morgan fingerprint density at radius 1 is 1.45 bits per heavy atom. The molecule has 0 fully saturated rings. The van der Waals surface area contributed by atoms with Crippen molar-refractivity contribution >= 4 is 5.91 Å². The lowest BCUT2D eigenvalue weighted by molar-refractivity contribution is -0.123. The standard InChI is InChI=1S/C16H22N4O2/c1-9-7-20-8-13(5-6-14(20)17-9)18-16(21)10(2)15-11(3)19-22-12(15)4/h7,10,13H,5-6,8H2,1-4H3,(H,18,21)/t10-,13-/m0/s1. The maximum atomic E-state index is 12.5. The Balaban J connectivity index is 1.68. The van der Waals surface area contributed by atoms with Crippen LogP contribution in [-0.2, 0) is 17.8 Å². The average Bonchev–Trinajstić information content (AvgIpc) is 2.99. The first-order valence-corrected chi connectivity index (χ1v) is 7.71. The molecule has 0 unspecified atom stereocenters. The quantitative estimate of drug-likeness (QED) is 0.941. The highest BCUT2D eigenvalue weighted by Crippen LogP contribution is 2.24. The number of nitrogens with one attached hydrogen (secondary N) is 1. The fourth-order valence-electron chi connectivity index (χ4n) is 3.27. The van der Waals surface area contributed by atoms with Crippen LogP contribution in [0.3, 0.4) is 0 Å². The first kappa shape index (κ1) is 14.8. The third-order valence-corrected chi connectivity index (χ3v) is 4.37. The van der Waals surface area contributed by atoms with Gasteiger partial charge in [0, 0.05) is 30.8 Å². The minimum atomic E-state index is -0.253. The molecule has 2 atom stereocenters. The molecule has 3 rings (SSSR count). The van der Waals surface area contributed by atoms with E-state index in [2.05, 4.69) is 20.0 Å². The van der Waals surface area contributed by atoms with Gasteiger partial charge in [0.05, 0.1) is 17.3 Å². The molecule has 3 heterocycles. The summed E-state index contributed by atoms with van der Waals surface area (Å²) in [6.45, 7) is 8.41. The summed E-state index contributed by atoms with van der Waals surface area (Å²) < 4.78 is 7.31. The summed E-state index contributed by atoms with van der Waals surface area (Å²) in [5, 5.41) is 7.09. The molecule has 0 saturated carbocycles. The Hall–Kier alpha value is -2.11. The van der Waals surface area contributed by atoms with E-state index in [9.17, 15) is 4.79 Å². The molecule has 1 aliphatic heterocycles. The van der Waals surface area contributed by atoms with Gasteiger partial charge in [-0.05, 0) is 34.1 Å². The van der Waals surface area contributed by atoms with Crippen LogP contribution in [0.1, 0.15) is 47.8 Å². The van der Waals surface area contributed by atoms with Gasteiger partial charge in [-0.2, -0.15) is 0 Å². The number of hydrogen-bond donors (Lipinski definition) is 1. The molecule has 0 aliphatic carbocycles. The highest BCUT2D eigenvalue weighted by atomic mass is 16.5. The van der Waals surface area contributed by atoms with E-state index in [0.717, 1.165) is 47.9 Å². The molecule has 0 bridgehead atoms. The van der Waals surface area contributed by atoms with Crippen molar-refractivity contribution in [3.05, 3.63) is 34.7 Å². The maximum absolute atomic E-state index is 12.5. The fraction of sp³-hybridized carbons (Fsp3) is 0.562. The molecule has 2 aromatic heterocycles. The average molecular weight is 302 g/mol. The molecular weight excluding hydrogens is 280 g/mol. The van der Waals surface area contributed by atoms with Crippen LogP contribution in [0.15, 0.2) is 10.7 Å². The lowest BCUT2D eigenvalue weighted by Crippen LogP contribution is -2.42. The van der Waals surface area contributed by atoms with E-state index in [1.54, 1.807) is 0 Å². The van der Waals surface area contributed by atoms with Crippen molar-refractivity contribution in [2.45, 2.75) is 59.0 Å². The number of fused-ring (bicyclic) bond motifs is 1. The van der Waals surface area contributed by atoms with E-state index in [1.165, 1.54) is 0 Å². The molecule has 0 saturated heterocycles. The van der Waals surface area contributed by atoms with Gasteiger partial charge in [0.25, 0.3) is 0 Å². The Kier molecular flexibility index (Phi) is 3.76. The fourth-order valence-corrected chi connectivity index (χ4v) is 3.27. The first-order chi connectivity index (χ1) is 10.5. The van der Waals surface area contributed by atoms with E-state index in [-0.39, 0.29) is 17.9 Å². The number of aromatic nitrogens is 3. The van der Waals surface area contributed by atoms with Crippen molar-refractivity contribution in [2.24, 2.45) is 0 Å². The normalized spacial score (nSPS) is 18.8. The molecule has 1 amide bonds. The topological polar surface area (TPSA) is 73.0 Å². The van der Waals surface area contributed by atoms with Crippen molar-refractivity contribution < 1.29 is 9.32 Å². The molecule has 22 heavy (non-hydrogen) atoms. The van der Waals surface area contributed by atoms with Crippen LogP contribution >= 0.6 is 0 Å². The smallest absolute Gasteiger partial charge is 0.227 e. The van der Waals surface area contributed by atoms with Crippen molar-refractivity contribution in [1.82, 2.24) is 20.0 Å². The number of nitrogens with zero attached hydrogens (tertiary/aromatic N) is 3. The zero-order valence-corrected chi connectivity index (χ0v) is 13.5. The van der Waals surface area contributed by atoms with E-state index in [1.807, 2.05) is 33.9 Å². The van der Waals surface area contributed by atoms with Gasteiger partial charge < -0.3 is 14.4 Å². The minimum Gasteiger partial charge on any atom is -0.361 e. The number of carbonyl (C=O) groups excluding carboxylic acids is 1. The van der Waals surface area contributed by atoms with Gasteiger partial charge in [0.1, 0.15) is 11.6 Å². The molecule has 2 aromatic rings. The van der Waals surface area contributed by atoms with E-state index < -0.39 is 0 Å². The second-order valence-electron chi connectivity index (χ2n) is 6.15. The minimum absolute atomic E-state index is 0.0275. The van der Waals surface area contributed by atoms with E-state index >= 15 is 0 Å². The van der Waals surface area contributed by atoms with Gasteiger partial charge in [-0.1, -0.05) is 5.16 Å². The molecule has 6 nitrogen and oxygen atoms in total. The largest absolute Gasteiger partial charge is 0.361 e. The van der Waals surface area contributed by atoms with Gasteiger partial charge >= 0.3 is 0 Å². The van der Waals surface area contributed by atoms with Crippen LogP contribution in [0.5, 0.6) is 0 Å². The zero-order chi connectivity index (χ0) is 15.9. The highest BCUT2D eigenvalue weighted by Gasteiger charge is 2.26. The second kappa shape index (κ2) is 5.59. The molecule has 6 heteroatoms. The molecule has 0 radical (unpaired) electrons. The number of rotatable bonds is 3. The number of aryl methyl sites for hydroxylation is 4. The predicted molar refractivity (Wildman–Crippen MR) is 81.6 cm³/mol. The monoisotopic (exact) mass is 302 g/mol. The Morgan fingerprint density at radius 2 is 2.23 bits per heavy atom. The summed E-state index contributed by atoms with van der Waals surface area (Å²) in [6, 6.07) is 0.150. The number of imidazole rings is 1. The number of hydrogen-bond acceptors (Lipinski definition) is 4. The predicted octanol–water partition coefficient (Wildman–Crippen LogP) is 2.03. The summed E-state index contributed by atoms with van der Waals surface area (Å²) in [5.74, 6) is 1.61. The lowest BCUT2D eigenvalue weighted by atomic mass is 9.97. The Labute approximate surface area is 129 Å². The van der Waals surface area contributed by atoms with E-state index in [0.29, 0.717) is 0 Å². The highest BCUT2D eigenvalue weighted by molar-refractivity contribution is 5.84. The molecule has 0 aromatic carbocycles. The molecule has 0 spiro atoms. The van der Waals surface area contributed by atoms with Crippen LogP contribution in [0.25, 0.3) is 0 Å². The maximum Gasteiger partial charge on any atom is 0.227 e. The Bertz CT molecular complexity index is 682. The summed E-state index contributed by atoms with van der Waals surface area (Å²) in [7, 11) is 0. The van der Waals surface area contributed by atoms with Crippen LogP contribution in [0.4, 0.5) is 0 Å².